The van der Waals surface area contributed by atoms with Crippen LogP contribution >= 0.6 is 27.5 Å². The van der Waals surface area contributed by atoms with Crippen LogP contribution in [-0.2, 0) is 4.79 Å². The molecule has 1 unspecified atom stereocenters. The molecular formula is C13H11BrClN3O. The van der Waals surface area contributed by atoms with Gasteiger partial charge >= 0.3 is 0 Å². The van der Waals surface area contributed by atoms with Crippen molar-refractivity contribution in [1.29, 1.82) is 0 Å². The van der Waals surface area contributed by atoms with E-state index in [1.165, 1.54) is 0 Å². The quantitative estimate of drug-likeness (QED) is 0.790. The largest absolute Gasteiger partial charge is 0.280 e. The average molecular weight is 341 g/mol. The van der Waals surface area contributed by atoms with E-state index < -0.39 is 0 Å². The fourth-order valence-electron chi connectivity index (χ4n) is 2.22. The lowest BCUT2D eigenvalue weighted by Gasteiger charge is -2.14. The summed E-state index contributed by atoms with van der Waals surface area (Å²) in [6.07, 6.45) is 2.22. The monoisotopic (exact) mass is 339 g/mol. The first-order valence-corrected chi connectivity index (χ1v) is 7.46. The molecule has 1 aliphatic heterocycles. The van der Waals surface area contributed by atoms with E-state index in [0.29, 0.717) is 29.9 Å². The molecule has 6 heteroatoms. The van der Waals surface area contributed by atoms with Gasteiger partial charge in [0.15, 0.2) is 0 Å². The van der Waals surface area contributed by atoms with Gasteiger partial charge in [0.2, 0.25) is 11.9 Å². The third-order valence-corrected chi connectivity index (χ3v) is 4.47. The van der Waals surface area contributed by atoms with Crippen LogP contribution in [-0.4, -0.2) is 27.7 Å². The first-order chi connectivity index (χ1) is 9.19. The van der Waals surface area contributed by atoms with Crippen LogP contribution in [0.25, 0.3) is 10.9 Å². The lowest BCUT2D eigenvalue weighted by molar-refractivity contribution is -0.117. The molecule has 19 heavy (non-hydrogen) atoms. The standard InChI is InChI=1S/C13H11BrClN3O/c14-5-8-4-12(19)18(7-8)13-16-6-9-10(15)2-1-3-11(9)17-13/h1-3,6,8H,4-5,7H2. The lowest BCUT2D eigenvalue weighted by atomic mass is 10.2. The number of alkyl halides is 1. The first-order valence-electron chi connectivity index (χ1n) is 5.96. The third kappa shape index (κ3) is 2.32. The maximum absolute atomic E-state index is 11.9. The zero-order valence-corrected chi connectivity index (χ0v) is 12.4. The number of fused-ring (bicyclic) bond motifs is 1. The third-order valence-electron chi connectivity index (χ3n) is 3.22. The van der Waals surface area contributed by atoms with E-state index in [-0.39, 0.29) is 5.91 Å². The molecule has 2 aromatic rings. The second-order valence-corrected chi connectivity index (χ2v) is 5.63. The zero-order valence-electron chi connectivity index (χ0n) is 10.0. The van der Waals surface area contributed by atoms with E-state index in [4.69, 9.17) is 11.6 Å². The van der Waals surface area contributed by atoms with Crippen molar-refractivity contribution in [3.8, 4) is 0 Å². The minimum atomic E-state index is 0.0748. The van der Waals surface area contributed by atoms with Crippen LogP contribution in [0.2, 0.25) is 5.02 Å². The predicted molar refractivity (Wildman–Crippen MR) is 78.8 cm³/mol. The Kier molecular flexibility index (Phi) is 3.41. The van der Waals surface area contributed by atoms with Gasteiger partial charge in [-0.05, 0) is 18.1 Å². The summed E-state index contributed by atoms with van der Waals surface area (Å²) in [4.78, 5) is 22.3. The van der Waals surface area contributed by atoms with Gasteiger partial charge in [0.1, 0.15) is 0 Å². The number of anilines is 1. The summed E-state index contributed by atoms with van der Waals surface area (Å²) >= 11 is 9.49. The fourth-order valence-corrected chi connectivity index (χ4v) is 2.87. The number of hydrogen-bond donors (Lipinski definition) is 0. The van der Waals surface area contributed by atoms with Crippen molar-refractivity contribution in [2.24, 2.45) is 5.92 Å². The van der Waals surface area contributed by atoms with Gasteiger partial charge < -0.3 is 0 Å². The van der Waals surface area contributed by atoms with Gasteiger partial charge in [-0.1, -0.05) is 33.6 Å². The Balaban J connectivity index is 2.00. The average Bonchev–Trinajstić information content (AvgIpc) is 2.80. The van der Waals surface area contributed by atoms with E-state index >= 15 is 0 Å². The summed E-state index contributed by atoms with van der Waals surface area (Å²) < 4.78 is 0. The molecule has 4 nitrogen and oxygen atoms in total. The van der Waals surface area contributed by atoms with Crippen molar-refractivity contribution in [2.45, 2.75) is 6.42 Å². The number of carbonyl (C=O) groups is 1. The Morgan fingerprint density at radius 3 is 3.05 bits per heavy atom. The SMILES string of the molecule is O=C1CC(CBr)CN1c1ncc2c(Cl)cccc2n1. The highest BCUT2D eigenvalue weighted by atomic mass is 79.9. The maximum atomic E-state index is 11.9. The molecule has 0 spiro atoms. The molecule has 1 aromatic heterocycles. The predicted octanol–water partition coefficient (Wildman–Crippen LogP) is 3.03. The van der Waals surface area contributed by atoms with Gasteiger partial charge in [-0.15, -0.1) is 0 Å². The van der Waals surface area contributed by atoms with Gasteiger partial charge in [-0.3, -0.25) is 9.69 Å². The number of carbonyl (C=O) groups excluding carboxylic acids is 1. The van der Waals surface area contributed by atoms with Crippen molar-refractivity contribution >= 4 is 50.3 Å². The van der Waals surface area contributed by atoms with Crippen LogP contribution in [0.5, 0.6) is 0 Å². The zero-order chi connectivity index (χ0) is 13.4. The van der Waals surface area contributed by atoms with Crippen molar-refractivity contribution in [1.82, 2.24) is 9.97 Å². The number of benzene rings is 1. The van der Waals surface area contributed by atoms with E-state index in [2.05, 4.69) is 25.9 Å². The molecule has 1 aromatic carbocycles. The van der Waals surface area contributed by atoms with Crippen LogP contribution in [0.3, 0.4) is 0 Å². The molecule has 98 valence electrons. The lowest BCUT2D eigenvalue weighted by Crippen LogP contribution is -2.26. The number of amides is 1. The molecule has 2 heterocycles. The minimum absolute atomic E-state index is 0.0748. The van der Waals surface area contributed by atoms with Crippen molar-refractivity contribution in [2.75, 3.05) is 16.8 Å². The summed E-state index contributed by atoms with van der Waals surface area (Å²) in [6, 6.07) is 5.51. The Morgan fingerprint density at radius 2 is 2.32 bits per heavy atom. The van der Waals surface area contributed by atoms with Gasteiger partial charge in [0, 0.05) is 29.9 Å². The highest BCUT2D eigenvalue weighted by Crippen LogP contribution is 2.26. The highest BCUT2D eigenvalue weighted by Gasteiger charge is 2.31. The number of rotatable bonds is 2. The molecule has 1 fully saturated rings. The Morgan fingerprint density at radius 1 is 1.47 bits per heavy atom. The molecule has 1 saturated heterocycles. The van der Waals surface area contributed by atoms with Crippen LogP contribution in [0.1, 0.15) is 6.42 Å². The summed E-state index contributed by atoms with van der Waals surface area (Å²) in [6.45, 7) is 0.663. The Bertz CT molecular complexity index is 649. The summed E-state index contributed by atoms with van der Waals surface area (Å²) in [5, 5.41) is 2.24. The summed E-state index contributed by atoms with van der Waals surface area (Å²) in [5.41, 5.74) is 0.757. The number of nitrogens with zero attached hydrogens (tertiary/aromatic N) is 3. The van der Waals surface area contributed by atoms with Crippen LogP contribution in [0.15, 0.2) is 24.4 Å². The molecule has 1 atom stereocenters. The molecule has 1 aliphatic rings. The number of aromatic nitrogens is 2. The number of halogens is 2. The van der Waals surface area contributed by atoms with Gasteiger partial charge in [-0.2, -0.15) is 0 Å². The molecule has 0 saturated carbocycles. The molecule has 1 amide bonds. The van der Waals surface area contributed by atoms with Crippen LogP contribution in [0, 0.1) is 5.92 Å². The van der Waals surface area contributed by atoms with E-state index in [1.807, 2.05) is 12.1 Å². The van der Waals surface area contributed by atoms with Crippen molar-refractivity contribution < 1.29 is 4.79 Å². The summed E-state index contributed by atoms with van der Waals surface area (Å²) in [5.74, 6) is 0.861. The number of hydrogen-bond acceptors (Lipinski definition) is 3. The second kappa shape index (κ2) is 5.06. The maximum Gasteiger partial charge on any atom is 0.232 e. The molecular weight excluding hydrogens is 330 g/mol. The van der Waals surface area contributed by atoms with Gasteiger partial charge in [-0.25, -0.2) is 9.97 Å². The molecule has 0 N–H and O–H groups in total. The van der Waals surface area contributed by atoms with E-state index in [0.717, 1.165) is 16.2 Å². The Labute approximate surface area is 123 Å². The van der Waals surface area contributed by atoms with Crippen LogP contribution < -0.4 is 4.90 Å². The molecule has 0 aliphatic carbocycles. The van der Waals surface area contributed by atoms with E-state index in [1.54, 1.807) is 17.2 Å². The molecule has 0 bridgehead atoms. The normalized spacial score (nSPS) is 19.4. The highest BCUT2D eigenvalue weighted by molar-refractivity contribution is 9.09. The van der Waals surface area contributed by atoms with Crippen molar-refractivity contribution in [3.63, 3.8) is 0 Å². The van der Waals surface area contributed by atoms with Gasteiger partial charge in [0.25, 0.3) is 0 Å². The topological polar surface area (TPSA) is 46.1 Å². The smallest absolute Gasteiger partial charge is 0.232 e. The second-order valence-electron chi connectivity index (χ2n) is 4.57. The Hall–Kier alpha value is -1.20. The van der Waals surface area contributed by atoms with Crippen LogP contribution in [0.4, 0.5) is 5.95 Å². The van der Waals surface area contributed by atoms with Crippen molar-refractivity contribution in [3.05, 3.63) is 29.4 Å². The molecule has 0 radical (unpaired) electrons. The molecule has 3 rings (SSSR count). The first kappa shape index (κ1) is 12.8. The minimum Gasteiger partial charge on any atom is -0.280 e. The van der Waals surface area contributed by atoms with E-state index in [9.17, 15) is 4.79 Å². The van der Waals surface area contributed by atoms with Gasteiger partial charge in [0.05, 0.1) is 10.5 Å². The summed E-state index contributed by atoms with van der Waals surface area (Å²) in [7, 11) is 0. The fraction of sp³-hybridized carbons (Fsp3) is 0.308.